The summed E-state index contributed by atoms with van der Waals surface area (Å²) in [6.07, 6.45) is 1.52. The van der Waals surface area contributed by atoms with E-state index in [9.17, 15) is 8.42 Å². The third kappa shape index (κ3) is 3.14. The molecule has 9 heteroatoms. The molecule has 0 saturated heterocycles. The van der Waals surface area contributed by atoms with E-state index >= 15 is 0 Å². The zero-order valence-electron chi connectivity index (χ0n) is 12.5. The molecule has 2 rings (SSSR count). The molecule has 2 aromatic rings. The lowest BCUT2D eigenvalue weighted by Gasteiger charge is -2.08. The number of nitrogens with zero attached hydrogens (tertiary/aromatic N) is 3. The van der Waals surface area contributed by atoms with Crippen LogP contribution >= 0.6 is 0 Å². The number of hydrogen-bond donors (Lipinski definition) is 2. The number of sulfonamides is 1. The second-order valence-corrected chi connectivity index (χ2v) is 6.44. The lowest BCUT2D eigenvalue weighted by molar-refractivity contribution is 0.493. The summed E-state index contributed by atoms with van der Waals surface area (Å²) in [6.45, 7) is 3.88. The first-order chi connectivity index (χ1) is 9.86. The minimum atomic E-state index is -3.68. The van der Waals surface area contributed by atoms with Crippen molar-refractivity contribution < 1.29 is 12.8 Å². The zero-order valence-corrected chi connectivity index (χ0v) is 13.3. The summed E-state index contributed by atoms with van der Waals surface area (Å²) in [5.74, 6) is 1.51. The Labute approximate surface area is 123 Å². The van der Waals surface area contributed by atoms with Gasteiger partial charge >= 0.3 is 0 Å². The quantitative estimate of drug-likeness (QED) is 0.791. The first kappa shape index (κ1) is 15.7. The molecular formula is C12H19N5O3S. The van der Waals surface area contributed by atoms with Crippen LogP contribution in [-0.4, -0.2) is 30.2 Å². The molecule has 2 N–H and O–H groups in total. The highest BCUT2D eigenvalue weighted by molar-refractivity contribution is 7.89. The van der Waals surface area contributed by atoms with Gasteiger partial charge in [0.15, 0.2) is 0 Å². The van der Waals surface area contributed by atoms with E-state index in [-0.39, 0.29) is 11.4 Å². The van der Waals surface area contributed by atoms with Gasteiger partial charge in [0.1, 0.15) is 28.6 Å². The summed E-state index contributed by atoms with van der Waals surface area (Å²) < 4.78 is 34.7. The maximum absolute atomic E-state index is 12.5. The van der Waals surface area contributed by atoms with Gasteiger partial charge in [0.2, 0.25) is 10.0 Å². The fraction of sp³-hybridized carbons (Fsp3) is 0.500. The third-order valence-electron chi connectivity index (χ3n) is 3.17. The molecule has 21 heavy (non-hydrogen) atoms. The predicted octanol–water partition coefficient (Wildman–Crippen LogP) is 0.223. The fourth-order valence-corrected chi connectivity index (χ4v) is 3.57. The minimum Gasteiger partial charge on any atom is -0.465 e. The van der Waals surface area contributed by atoms with Gasteiger partial charge in [0.25, 0.3) is 0 Å². The summed E-state index contributed by atoms with van der Waals surface area (Å²) in [5.41, 5.74) is 0.639. The summed E-state index contributed by atoms with van der Waals surface area (Å²) in [7, 11) is -0.172. The van der Waals surface area contributed by atoms with Crippen molar-refractivity contribution in [2.45, 2.75) is 31.8 Å². The van der Waals surface area contributed by atoms with Gasteiger partial charge < -0.3 is 14.3 Å². The molecule has 116 valence electrons. The molecule has 0 aromatic carbocycles. The van der Waals surface area contributed by atoms with Gasteiger partial charge in [0, 0.05) is 19.2 Å². The van der Waals surface area contributed by atoms with E-state index in [2.05, 4.69) is 20.2 Å². The molecular weight excluding hydrogens is 294 g/mol. The molecule has 0 aliphatic rings. The maximum Gasteiger partial charge on any atom is 0.244 e. The number of aromatic nitrogens is 3. The molecule has 0 atom stereocenters. The van der Waals surface area contributed by atoms with Crippen molar-refractivity contribution in [1.29, 1.82) is 0 Å². The fourth-order valence-electron chi connectivity index (χ4n) is 2.14. The van der Waals surface area contributed by atoms with Crippen molar-refractivity contribution in [1.82, 2.24) is 24.8 Å². The largest absolute Gasteiger partial charge is 0.465 e. The third-order valence-corrected chi connectivity index (χ3v) is 4.77. The highest BCUT2D eigenvalue weighted by Gasteiger charge is 2.26. The average molecular weight is 313 g/mol. The van der Waals surface area contributed by atoms with Crippen molar-refractivity contribution in [3.8, 4) is 0 Å². The Morgan fingerprint density at radius 2 is 2.00 bits per heavy atom. The van der Waals surface area contributed by atoms with E-state index in [1.54, 1.807) is 32.5 Å². The van der Waals surface area contributed by atoms with Gasteiger partial charge in [-0.15, -0.1) is 10.2 Å². The first-order valence-electron chi connectivity index (χ1n) is 6.42. The van der Waals surface area contributed by atoms with Crippen molar-refractivity contribution in [3.05, 3.63) is 29.2 Å². The standard InChI is InChI=1S/C12H19N5O3S/c1-8-10(5-13-3)12(9(2)20-8)21(18,19)15-6-11-16-14-7-17(11)4/h7,13,15H,5-6H2,1-4H3. The van der Waals surface area contributed by atoms with Crippen molar-refractivity contribution in [2.24, 2.45) is 7.05 Å². The maximum atomic E-state index is 12.5. The van der Waals surface area contributed by atoms with Crippen LogP contribution in [-0.2, 0) is 30.2 Å². The lowest BCUT2D eigenvalue weighted by Crippen LogP contribution is -2.26. The summed E-state index contributed by atoms with van der Waals surface area (Å²) >= 11 is 0. The monoisotopic (exact) mass is 313 g/mol. The van der Waals surface area contributed by atoms with Gasteiger partial charge in [-0.2, -0.15) is 0 Å². The highest BCUT2D eigenvalue weighted by Crippen LogP contribution is 2.26. The molecule has 0 amide bonds. The molecule has 2 heterocycles. The summed E-state index contributed by atoms with van der Waals surface area (Å²) in [4.78, 5) is 0.191. The normalized spacial score (nSPS) is 12.0. The Bertz CT molecular complexity index is 732. The molecule has 0 unspecified atom stereocenters. The number of rotatable bonds is 6. The topological polar surface area (TPSA) is 102 Å². The van der Waals surface area contributed by atoms with E-state index in [0.717, 1.165) is 0 Å². The van der Waals surface area contributed by atoms with E-state index < -0.39 is 10.0 Å². The lowest BCUT2D eigenvalue weighted by atomic mass is 10.2. The molecule has 0 radical (unpaired) electrons. The molecule has 0 aliphatic heterocycles. The van der Waals surface area contributed by atoms with Gasteiger partial charge in [-0.25, -0.2) is 13.1 Å². The van der Waals surface area contributed by atoms with Gasteiger partial charge in [0.05, 0.1) is 6.54 Å². The summed E-state index contributed by atoms with van der Waals surface area (Å²) in [5, 5.41) is 10.5. The van der Waals surface area contributed by atoms with Crippen LogP contribution in [0.15, 0.2) is 15.6 Å². The Kier molecular flexibility index (Phi) is 4.45. The van der Waals surface area contributed by atoms with Gasteiger partial charge in [-0.05, 0) is 20.9 Å². The molecule has 0 aliphatic carbocycles. The molecule has 0 saturated carbocycles. The van der Waals surface area contributed by atoms with Crippen LogP contribution in [0.3, 0.4) is 0 Å². The molecule has 0 bridgehead atoms. The molecule has 8 nitrogen and oxygen atoms in total. The average Bonchev–Trinajstić information content (AvgIpc) is 2.92. The second kappa shape index (κ2) is 5.96. The number of nitrogens with one attached hydrogen (secondary N) is 2. The zero-order chi connectivity index (χ0) is 15.6. The minimum absolute atomic E-state index is 0.0709. The van der Waals surface area contributed by atoms with E-state index in [0.29, 0.717) is 29.5 Å². The van der Waals surface area contributed by atoms with E-state index in [1.807, 2.05) is 0 Å². The van der Waals surface area contributed by atoms with Crippen LogP contribution in [0.2, 0.25) is 0 Å². The predicted molar refractivity (Wildman–Crippen MR) is 76.0 cm³/mol. The SMILES string of the molecule is CNCc1c(C)oc(C)c1S(=O)(=O)NCc1nncn1C. The van der Waals surface area contributed by atoms with Crippen LogP contribution < -0.4 is 10.0 Å². The number of furan rings is 1. The van der Waals surface area contributed by atoms with E-state index in [4.69, 9.17) is 4.42 Å². The van der Waals surface area contributed by atoms with Gasteiger partial charge in [-0.3, -0.25) is 0 Å². The Balaban J connectivity index is 2.29. The summed E-state index contributed by atoms with van der Waals surface area (Å²) in [6, 6.07) is 0. The van der Waals surface area contributed by atoms with Crippen LogP contribution in [0.5, 0.6) is 0 Å². The van der Waals surface area contributed by atoms with Crippen molar-refractivity contribution in [3.63, 3.8) is 0 Å². The second-order valence-electron chi connectivity index (χ2n) is 4.74. The van der Waals surface area contributed by atoms with Crippen molar-refractivity contribution in [2.75, 3.05) is 7.05 Å². The van der Waals surface area contributed by atoms with Crippen LogP contribution in [0.4, 0.5) is 0 Å². The van der Waals surface area contributed by atoms with Crippen LogP contribution in [0, 0.1) is 13.8 Å². The molecule has 0 fully saturated rings. The first-order valence-corrected chi connectivity index (χ1v) is 7.91. The van der Waals surface area contributed by atoms with Crippen LogP contribution in [0.25, 0.3) is 0 Å². The van der Waals surface area contributed by atoms with Crippen molar-refractivity contribution >= 4 is 10.0 Å². The Morgan fingerprint density at radius 3 is 2.57 bits per heavy atom. The number of aryl methyl sites for hydroxylation is 3. The van der Waals surface area contributed by atoms with E-state index in [1.165, 1.54) is 6.33 Å². The Morgan fingerprint density at radius 1 is 1.29 bits per heavy atom. The molecule has 2 aromatic heterocycles. The van der Waals surface area contributed by atoms with Gasteiger partial charge in [-0.1, -0.05) is 0 Å². The Hall–Kier alpha value is -1.71. The smallest absolute Gasteiger partial charge is 0.244 e. The molecule has 0 spiro atoms. The highest BCUT2D eigenvalue weighted by atomic mass is 32.2. The number of hydrogen-bond acceptors (Lipinski definition) is 6. The van der Waals surface area contributed by atoms with Crippen LogP contribution in [0.1, 0.15) is 22.9 Å².